The highest BCUT2D eigenvalue weighted by Crippen LogP contribution is 2.54. The van der Waals surface area contributed by atoms with E-state index in [1.165, 1.54) is 26.4 Å². The van der Waals surface area contributed by atoms with E-state index in [1.807, 2.05) is 13.8 Å². The number of carbonyl (C=O) groups excluding carboxylic acids is 2. The average Bonchev–Trinajstić information content (AvgIpc) is 3.22. The predicted molar refractivity (Wildman–Crippen MR) is 83.2 cm³/mol. The number of hydrogen-bond acceptors (Lipinski definition) is 5. The Bertz CT molecular complexity index is 368. The summed E-state index contributed by atoms with van der Waals surface area (Å²) in [4.78, 5) is 21.7. The summed E-state index contributed by atoms with van der Waals surface area (Å²) in [5, 5.41) is 0. The maximum Gasteiger partial charge on any atom is 0.309 e. The Balaban J connectivity index is 0.000000197. The van der Waals surface area contributed by atoms with Crippen LogP contribution in [0.2, 0.25) is 0 Å². The van der Waals surface area contributed by atoms with Gasteiger partial charge in [0.05, 0.1) is 25.6 Å². The van der Waals surface area contributed by atoms with E-state index in [-0.39, 0.29) is 17.9 Å². The van der Waals surface area contributed by atoms with Gasteiger partial charge in [-0.05, 0) is 37.5 Å². The van der Waals surface area contributed by atoms with Gasteiger partial charge in [0.2, 0.25) is 0 Å². The molecule has 3 rings (SSSR count). The number of cyclic esters (lactones) is 1. The lowest BCUT2D eigenvalue weighted by Crippen LogP contribution is -2.22. The maximum absolute atomic E-state index is 11.2. The predicted octanol–water partition coefficient (Wildman–Crippen LogP) is 2.67. The van der Waals surface area contributed by atoms with Gasteiger partial charge >= 0.3 is 11.9 Å². The first-order chi connectivity index (χ1) is 10.5. The van der Waals surface area contributed by atoms with Crippen LogP contribution >= 0.6 is 0 Å². The number of esters is 2. The second-order valence-electron chi connectivity index (χ2n) is 6.39. The quantitative estimate of drug-likeness (QED) is 0.733. The molecule has 2 saturated carbocycles. The van der Waals surface area contributed by atoms with Gasteiger partial charge in [0.25, 0.3) is 0 Å². The van der Waals surface area contributed by atoms with Crippen LogP contribution in [0, 0.1) is 29.6 Å². The molecular formula is C17H30O5. The molecule has 0 aromatic carbocycles. The van der Waals surface area contributed by atoms with Crippen LogP contribution in [-0.4, -0.2) is 39.9 Å². The molecule has 0 radical (unpaired) electrons. The van der Waals surface area contributed by atoms with Crippen LogP contribution < -0.4 is 0 Å². The number of carbonyl (C=O) groups is 2. The molecule has 1 heterocycles. The van der Waals surface area contributed by atoms with Gasteiger partial charge in [-0.1, -0.05) is 13.8 Å². The molecule has 5 atom stereocenters. The zero-order chi connectivity index (χ0) is 16.7. The first kappa shape index (κ1) is 18.9. The van der Waals surface area contributed by atoms with Crippen molar-refractivity contribution in [2.45, 2.75) is 39.5 Å². The zero-order valence-corrected chi connectivity index (χ0v) is 14.5. The van der Waals surface area contributed by atoms with Crippen molar-refractivity contribution in [3.8, 4) is 0 Å². The van der Waals surface area contributed by atoms with Crippen LogP contribution in [0.15, 0.2) is 0 Å². The van der Waals surface area contributed by atoms with Crippen molar-refractivity contribution < 1.29 is 23.8 Å². The molecule has 128 valence electrons. The third-order valence-corrected chi connectivity index (χ3v) is 4.99. The molecule has 0 amide bonds. The van der Waals surface area contributed by atoms with Gasteiger partial charge in [0.15, 0.2) is 0 Å². The molecule has 22 heavy (non-hydrogen) atoms. The van der Waals surface area contributed by atoms with E-state index in [2.05, 4.69) is 9.47 Å². The summed E-state index contributed by atoms with van der Waals surface area (Å²) < 4.78 is 13.8. The van der Waals surface area contributed by atoms with Gasteiger partial charge in [-0.2, -0.15) is 0 Å². The number of methoxy groups -OCH3 is 2. The minimum Gasteiger partial charge on any atom is -0.469 e. The summed E-state index contributed by atoms with van der Waals surface area (Å²) in [6.45, 7) is 4.54. The highest BCUT2D eigenvalue weighted by molar-refractivity contribution is 5.76. The Labute approximate surface area is 133 Å². The largest absolute Gasteiger partial charge is 0.469 e. The van der Waals surface area contributed by atoms with E-state index < -0.39 is 0 Å². The molecule has 2 aliphatic carbocycles. The molecule has 5 nitrogen and oxygen atoms in total. The Morgan fingerprint density at radius 2 is 1.86 bits per heavy atom. The lowest BCUT2D eigenvalue weighted by Gasteiger charge is -2.19. The zero-order valence-electron chi connectivity index (χ0n) is 14.5. The summed E-state index contributed by atoms with van der Waals surface area (Å²) in [6.07, 6.45) is 4.79. The summed E-state index contributed by atoms with van der Waals surface area (Å²) >= 11 is 0. The normalized spacial score (nSPS) is 32.0. The molecule has 3 fully saturated rings. The van der Waals surface area contributed by atoms with Gasteiger partial charge in [-0.15, -0.1) is 0 Å². The standard InChI is InChI=1S/C9H12O2.C6H12O2.C2H6O/c10-9-8-6-2-1-5(3-6)7(8)4-11-9;1-4-5(2)6(7)8-3;1-3-2/h5-8H,1-4H2;5H,4H2,1-3H3;1-2H3. The molecule has 3 aliphatic rings. The van der Waals surface area contributed by atoms with Crippen LogP contribution in [-0.2, 0) is 23.8 Å². The van der Waals surface area contributed by atoms with Crippen LogP contribution in [0.1, 0.15) is 39.5 Å². The highest BCUT2D eigenvalue weighted by Gasteiger charge is 2.54. The molecule has 0 spiro atoms. The van der Waals surface area contributed by atoms with Crippen molar-refractivity contribution in [1.29, 1.82) is 0 Å². The minimum atomic E-state index is -0.118. The number of ether oxygens (including phenoxy) is 3. The minimum absolute atomic E-state index is 0.0556. The first-order valence-corrected chi connectivity index (χ1v) is 8.14. The molecule has 0 aromatic rings. The first-order valence-electron chi connectivity index (χ1n) is 8.14. The van der Waals surface area contributed by atoms with Crippen LogP contribution in [0.3, 0.4) is 0 Å². The maximum atomic E-state index is 11.2. The molecule has 2 bridgehead atoms. The topological polar surface area (TPSA) is 61.8 Å². The van der Waals surface area contributed by atoms with E-state index in [9.17, 15) is 9.59 Å². The van der Waals surface area contributed by atoms with Crippen LogP contribution in [0.4, 0.5) is 0 Å². The highest BCUT2D eigenvalue weighted by atomic mass is 16.5. The van der Waals surface area contributed by atoms with Crippen molar-refractivity contribution in [2.24, 2.45) is 29.6 Å². The fourth-order valence-electron chi connectivity index (χ4n) is 3.66. The molecular weight excluding hydrogens is 284 g/mol. The third-order valence-electron chi connectivity index (χ3n) is 4.99. The Morgan fingerprint density at radius 1 is 1.27 bits per heavy atom. The van der Waals surface area contributed by atoms with Crippen LogP contribution in [0.25, 0.3) is 0 Å². The van der Waals surface area contributed by atoms with E-state index in [1.54, 1.807) is 14.2 Å². The number of hydrogen-bond donors (Lipinski definition) is 0. The van der Waals surface area contributed by atoms with Crippen molar-refractivity contribution >= 4 is 11.9 Å². The summed E-state index contributed by atoms with van der Waals surface area (Å²) in [7, 11) is 4.66. The van der Waals surface area contributed by atoms with Gasteiger partial charge in [0, 0.05) is 20.1 Å². The van der Waals surface area contributed by atoms with E-state index >= 15 is 0 Å². The van der Waals surface area contributed by atoms with Crippen LogP contribution in [0.5, 0.6) is 0 Å². The smallest absolute Gasteiger partial charge is 0.309 e. The number of fused-ring (bicyclic) bond motifs is 5. The molecule has 1 saturated heterocycles. The van der Waals surface area contributed by atoms with E-state index in [0.29, 0.717) is 17.8 Å². The van der Waals surface area contributed by atoms with Gasteiger partial charge in [-0.25, -0.2) is 0 Å². The summed E-state index contributed by atoms with van der Waals surface area (Å²) in [5.41, 5.74) is 0. The Morgan fingerprint density at radius 3 is 2.32 bits per heavy atom. The fourth-order valence-corrected chi connectivity index (χ4v) is 3.66. The molecule has 5 heteroatoms. The summed E-state index contributed by atoms with van der Waals surface area (Å²) in [6, 6.07) is 0. The molecule has 0 N–H and O–H groups in total. The Kier molecular flexibility index (Phi) is 7.87. The molecule has 5 unspecified atom stereocenters. The van der Waals surface area contributed by atoms with Gasteiger partial charge in [-0.3, -0.25) is 9.59 Å². The lowest BCUT2D eigenvalue weighted by atomic mass is 9.81. The van der Waals surface area contributed by atoms with Crippen molar-refractivity contribution in [2.75, 3.05) is 27.9 Å². The van der Waals surface area contributed by atoms with Crippen molar-refractivity contribution in [3.63, 3.8) is 0 Å². The third kappa shape index (κ3) is 4.45. The average molecular weight is 314 g/mol. The molecule has 0 aromatic heterocycles. The Hall–Kier alpha value is -1.10. The molecule has 1 aliphatic heterocycles. The van der Waals surface area contributed by atoms with E-state index in [0.717, 1.165) is 18.9 Å². The van der Waals surface area contributed by atoms with Crippen molar-refractivity contribution in [1.82, 2.24) is 0 Å². The second-order valence-corrected chi connectivity index (χ2v) is 6.39. The fraction of sp³-hybridized carbons (Fsp3) is 0.882. The summed E-state index contributed by atoms with van der Waals surface area (Å²) in [5.74, 6) is 2.49. The lowest BCUT2D eigenvalue weighted by molar-refractivity contribution is -0.145. The SMILES string of the molecule is CCC(C)C(=O)OC.COC.O=C1OCC2C3CCC(C3)C12. The second kappa shape index (κ2) is 9.13. The van der Waals surface area contributed by atoms with Gasteiger partial charge < -0.3 is 14.2 Å². The monoisotopic (exact) mass is 314 g/mol. The van der Waals surface area contributed by atoms with Crippen molar-refractivity contribution in [3.05, 3.63) is 0 Å². The van der Waals surface area contributed by atoms with Gasteiger partial charge in [0.1, 0.15) is 0 Å². The number of rotatable bonds is 2. The van der Waals surface area contributed by atoms with E-state index in [4.69, 9.17) is 4.74 Å².